The highest BCUT2D eigenvalue weighted by Crippen LogP contribution is 2.21. The van der Waals surface area contributed by atoms with Crippen LogP contribution in [0.25, 0.3) is 0 Å². The summed E-state index contributed by atoms with van der Waals surface area (Å²) in [6.45, 7) is 6.83. The van der Waals surface area contributed by atoms with Gasteiger partial charge in [-0.1, -0.05) is 25.7 Å². The van der Waals surface area contributed by atoms with Crippen molar-refractivity contribution in [3.63, 3.8) is 0 Å². The minimum Gasteiger partial charge on any atom is -0.356 e. The first kappa shape index (κ1) is 19.5. The molecule has 1 aliphatic heterocycles. The molecule has 0 aromatic carbocycles. The van der Waals surface area contributed by atoms with Gasteiger partial charge in [-0.3, -0.25) is 4.99 Å². The van der Waals surface area contributed by atoms with E-state index in [0.717, 1.165) is 31.6 Å². The molecule has 2 aliphatic rings. The number of piperidine rings is 1. The number of guanidine groups is 1. The lowest BCUT2D eigenvalue weighted by Gasteiger charge is -2.31. The van der Waals surface area contributed by atoms with E-state index in [4.69, 9.17) is 0 Å². The molecule has 0 unspecified atom stereocenters. The van der Waals surface area contributed by atoms with Crippen LogP contribution in [0.1, 0.15) is 57.8 Å². The topological polar surface area (TPSA) is 42.9 Å². The molecule has 5 nitrogen and oxygen atoms in total. The Bertz CT molecular complexity index is 346. The van der Waals surface area contributed by atoms with Crippen molar-refractivity contribution in [1.82, 2.24) is 20.4 Å². The summed E-state index contributed by atoms with van der Waals surface area (Å²) in [6.07, 6.45) is 12.4. The Labute approximate surface area is 149 Å². The average Bonchev–Trinajstić information content (AvgIpc) is 2.65. The zero-order valence-electron chi connectivity index (χ0n) is 16.0. The maximum Gasteiger partial charge on any atom is 0.191 e. The molecule has 140 valence electrons. The molecule has 0 aromatic rings. The van der Waals surface area contributed by atoms with E-state index in [-0.39, 0.29) is 0 Å². The highest BCUT2D eigenvalue weighted by Gasteiger charge is 2.17. The van der Waals surface area contributed by atoms with Crippen LogP contribution in [-0.4, -0.2) is 75.2 Å². The second kappa shape index (κ2) is 11.7. The largest absolute Gasteiger partial charge is 0.356 e. The predicted molar refractivity (Wildman–Crippen MR) is 104 cm³/mol. The Kier molecular flexibility index (Phi) is 9.51. The van der Waals surface area contributed by atoms with E-state index in [0.29, 0.717) is 0 Å². The van der Waals surface area contributed by atoms with Gasteiger partial charge in [-0.05, 0) is 58.8 Å². The fraction of sp³-hybridized carbons (Fsp3) is 0.947. The summed E-state index contributed by atoms with van der Waals surface area (Å²) < 4.78 is 0. The van der Waals surface area contributed by atoms with Crippen molar-refractivity contribution in [2.45, 2.75) is 63.8 Å². The molecule has 1 aliphatic carbocycles. The van der Waals surface area contributed by atoms with Crippen molar-refractivity contribution < 1.29 is 0 Å². The summed E-state index contributed by atoms with van der Waals surface area (Å²) in [6, 6.07) is 0.820. The van der Waals surface area contributed by atoms with Crippen LogP contribution in [0.3, 0.4) is 0 Å². The normalized spacial score (nSPS) is 21.2. The van der Waals surface area contributed by atoms with E-state index in [2.05, 4.69) is 32.5 Å². The molecule has 0 spiro atoms. The highest BCUT2D eigenvalue weighted by atomic mass is 15.2. The van der Waals surface area contributed by atoms with Crippen molar-refractivity contribution in [2.24, 2.45) is 4.99 Å². The maximum atomic E-state index is 4.34. The van der Waals surface area contributed by atoms with Gasteiger partial charge in [0.1, 0.15) is 0 Å². The molecule has 0 bridgehead atoms. The molecule has 0 radical (unpaired) electrons. The van der Waals surface area contributed by atoms with Crippen LogP contribution >= 0.6 is 0 Å². The van der Waals surface area contributed by atoms with E-state index >= 15 is 0 Å². The third-order valence-corrected chi connectivity index (χ3v) is 5.57. The smallest absolute Gasteiger partial charge is 0.191 e. The minimum absolute atomic E-state index is 0.820. The van der Waals surface area contributed by atoms with Crippen LogP contribution < -0.4 is 10.6 Å². The summed E-state index contributed by atoms with van der Waals surface area (Å²) in [7, 11) is 4.16. The standard InChI is InChI=1S/C19H39N5/c1-20-19(22-13-17-24-15-7-4-8-16-24)21-12-9-14-23(2)18-10-5-3-6-11-18/h18H,3-17H2,1-2H3,(H2,20,21,22). The molecule has 5 heteroatoms. The zero-order chi connectivity index (χ0) is 17.0. The summed E-state index contributed by atoms with van der Waals surface area (Å²) in [5, 5.41) is 6.91. The predicted octanol–water partition coefficient (Wildman–Crippen LogP) is 2.29. The van der Waals surface area contributed by atoms with Crippen molar-refractivity contribution in [2.75, 3.05) is 53.4 Å². The van der Waals surface area contributed by atoms with E-state index in [1.165, 1.54) is 77.4 Å². The Morgan fingerprint density at radius 1 is 1.00 bits per heavy atom. The van der Waals surface area contributed by atoms with Gasteiger partial charge in [0, 0.05) is 32.7 Å². The first-order chi connectivity index (χ1) is 11.8. The van der Waals surface area contributed by atoms with Crippen molar-refractivity contribution in [3.8, 4) is 0 Å². The zero-order valence-corrected chi connectivity index (χ0v) is 16.0. The molecule has 0 atom stereocenters. The van der Waals surface area contributed by atoms with Crippen LogP contribution in [0.2, 0.25) is 0 Å². The van der Waals surface area contributed by atoms with Gasteiger partial charge in [-0.2, -0.15) is 0 Å². The SMILES string of the molecule is CN=C(NCCCN(C)C1CCCCC1)NCCN1CCCCC1. The number of aliphatic imine (C=N–C) groups is 1. The summed E-state index contributed by atoms with van der Waals surface area (Å²) in [4.78, 5) is 9.46. The first-order valence-electron chi connectivity index (χ1n) is 10.2. The van der Waals surface area contributed by atoms with Crippen LogP contribution in [0.15, 0.2) is 4.99 Å². The molecular weight excluding hydrogens is 298 g/mol. The molecule has 24 heavy (non-hydrogen) atoms. The first-order valence-corrected chi connectivity index (χ1v) is 10.2. The van der Waals surface area contributed by atoms with Gasteiger partial charge < -0.3 is 20.4 Å². The lowest BCUT2D eigenvalue weighted by atomic mass is 9.94. The lowest BCUT2D eigenvalue weighted by molar-refractivity contribution is 0.190. The second-order valence-electron chi connectivity index (χ2n) is 7.45. The number of rotatable bonds is 8. The molecule has 2 rings (SSSR count). The number of hydrogen-bond acceptors (Lipinski definition) is 3. The Morgan fingerprint density at radius 2 is 1.67 bits per heavy atom. The summed E-state index contributed by atoms with van der Waals surface area (Å²) >= 11 is 0. The van der Waals surface area contributed by atoms with Crippen molar-refractivity contribution >= 4 is 5.96 Å². The fourth-order valence-electron chi connectivity index (χ4n) is 3.98. The molecule has 1 heterocycles. The summed E-state index contributed by atoms with van der Waals surface area (Å²) in [5.74, 6) is 0.951. The van der Waals surface area contributed by atoms with Gasteiger partial charge in [0.25, 0.3) is 0 Å². The third-order valence-electron chi connectivity index (χ3n) is 5.57. The van der Waals surface area contributed by atoms with Gasteiger partial charge in [-0.15, -0.1) is 0 Å². The van der Waals surface area contributed by atoms with E-state index in [9.17, 15) is 0 Å². The van der Waals surface area contributed by atoms with E-state index < -0.39 is 0 Å². The number of nitrogens with one attached hydrogen (secondary N) is 2. The van der Waals surface area contributed by atoms with Gasteiger partial charge in [0.15, 0.2) is 5.96 Å². The van der Waals surface area contributed by atoms with Gasteiger partial charge >= 0.3 is 0 Å². The van der Waals surface area contributed by atoms with Gasteiger partial charge in [-0.25, -0.2) is 0 Å². The number of hydrogen-bond donors (Lipinski definition) is 2. The third kappa shape index (κ3) is 7.39. The van der Waals surface area contributed by atoms with Crippen molar-refractivity contribution in [3.05, 3.63) is 0 Å². The lowest BCUT2D eigenvalue weighted by Crippen LogP contribution is -2.43. The Morgan fingerprint density at radius 3 is 2.38 bits per heavy atom. The van der Waals surface area contributed by atoms with Gasteiger partial charge in [0.05, 0.1) is 0 Å². The molecule has 1 saturated heterocycles. The highest BCUT2D eigenvalue weighted by molar-refractivity contribution is 5.79. The van der Waals surface area contributed by atoms with Gasteiger partial charge in [0.2, 0.25) is 0 Å². The molecular formula is C19H39N5. The molecule has 2 N–H and O–H groups in total. The van der Waals surface area contributed by atoms with Crippen LogP contribution in [-0.2, 0) is 0 Å². The average molecular weight is 338 g/mol. The molecule has 2 fully saturated rings. The summed E-state index contributed by atoms with van der Waals surface area (Å²) in [5.41, 5.74) is 0. The van der Waals surface area contributed by atoms with Crippen LogP contribution in [0, 0.1) is 0 Å². The second-order valence-corrected chi connectivity index (χ2v) is 7.45. The van der Waals surface area contributed by atoms with Crippen LogP contribution in [0.4, 0.5) is 0 Å². The monoisotopic (exact) mass is 337 g/mol. The van der Waals surface area contributed by atoms with E-state index in [1.54, 1.807) is 0 Å². The molecule has 0 aromatic heterocycles. The number of likely N-dealkylation sites (tertiary alicyclic amines) is 1. The molecule has 0 amide bonds. The Balaban J connectivity index is 1.51. The molecule has 1 saturated carbocycles. The van der Waals surface area contributed by atoms with Crippen LogP contribution in [0.5, 0.6) is 0 Å². The number of nitrogens with zero attached hydrogens (tertiary/aromatic N) is 3. The van der Waals surface area contributed by atoms with Crippen molar-refractivity contribution in [1.29, 1.82) is 0 Å². The van der Waals surface area contributed by atoms with E-state index in [1.807, 2.05) is 7.05 Å². The maximum absolute atomic E-state index is 4.34. The quantitative estimate of drug-likeness (QED) is 0.405. The fourth-order valence-corrected chi connectivity index (χ4v) is 3.98. The minimum atomic E-state index is 0.820. The Hall–Kier alpha value is -0.810.